The van der Waals surface area contributed by atoms with Crippen LogP contribution in [0.25, 0.3) is 10.9 Å². The summed E-state index contributed by atoms with van der Waals surface area (Å²) in [6.45, 7) is 0. The van der Waals surface area contributed by atoms with E-state index in [1.54, 1.807) is 12.1 Å². The highest BCUT2D eigenvalue weighted by molar-refractivity contribution is 7.99. The first-order valence-electron chi connectivity index (χ1n) is 6.00. The summed E-state index contributed by atoms with van der Waals surface area (Å²) in [5, 5.41) is 2.65. The second kappa shape index (κ2) is 5.81. The lowest BCUT2D eigenvalue weighted by Crippen LogP contribution is -1.91. The van der Waals surface area contributed by atoms with Crippen molar-refractivity contribution in [3.63, 3.8) is 0 Å². The zero-order chi connectivity index (χ0) is 13.9. The van der Waals surface area contributed by atoms with Crippen LogP contribution in [-0.2, 0) is 0 Å². The molecular formula is C15H11FN2S2. The van der Waals surface area contributed by atoms with Gasteiger partial charge in [0.05, 0.1) is 5.52 Å². The van der Waals surface area contributed by atoms with E-state index in [0.29, 0.717) is 0 Å². The van der Waals surface area contributed by atoms with Crippen LogP contribution < -0.4 is 0 Å². The predicted octanol–water partition coefficient (Wildman–Crippen LogP) is 4.64. The molecule has 2 nitrogen and oxygen atoms in total. The van der Waals surface area contributed by atoms with Gasteiger partial charge in [0, 0.05) is 10.3 Å². The van der Waals surface area contributed by atoms with Crippen LogP contribution in [0.4, 0.5) is 4.39 Å². The second-order valence-corrected chi connectivity index (χ2v) is 5.92. The van der Waals surface area contributed by atoms with Crippen molar-refractivity contribution in [2.24, 2.45) is 0 Å². The SMILES string of the molecule is CSc1nc(Sc2ccc(F)cc2)c2ccccc2n1. The number of para-hydroxylation sites is 1. The molecule has 0 aliphatic carbocycles. The van der Waals surface area contributed by atoms with Crippen molar-refractivity contribution in [2.75, 3.05) is 6.26 Å². The number of aromatic nitrogens is 2. The topological polar surface area (TPSA) is 25.8 Å². The summed E-state index contributed by atoms with van der Waals surface area (Å²) >= 11 is 3.04. The first-order chi connectivity index (χ1) is 9.76. The monoisotopic (exact) mass is 302 g/mol. The number of nitrogens with zero attached hydrogens (tertiary/aromatic N) is 2. The standard InChI is InChI=1S/C15H11FN2S2/c1-19-15-17-13-5-3-2-4-12(13)14(18-15)20-11-8-6-10(16)7-9-11/h2-9H,1H3. The molecule has 2 aromatic carbocycles. The van der Waals surface area contributed by atoms with Gasteiger partial charge in [0.25, 0.3) is 0 Å². The van der Waals surface area contributed by atoms with Gasteiger partial charge < -0.3 is 0 Å². The Morgan fingerprint density at radius 3 is 2.45 bits per heavy atom. The highest BCUT2D eigenvalue weighted by Crippen LogP contribution is 2.32. The van der Waals surface area contributed by atoms with E-state index in [9.17, 15) is 4.39 Å². The largest absolute Gasteiger partial charge is 0.222 e. The Bertz CT molecular complexity index is 744. The molecule has 0 saturated heterocycles. The Labute approximate surface area is 124 Å². The fourth-order valence-corrected chi connectivity index (χ4v) is 3.15. The van der Waals surface area contributed by atoms with E-state index < -0.39 is 0 Å². The molecule has 0 fully saturated rings. The molecular weight excluding hydrogens is 291 g/mol. The fourth-order valence-electron chi connectivity index (χ4n) is 1.81. The molecule has 3 aromatic rings. The maximum Gasteiger partial charge on any atom is 0.188 e. The van der Waals surface area contributed by atoms with Gasteiger partial charge in [0.1, 0.15) is 10.8 Å². The Kier molecular flexibility index (Phi) is 3.89. The number of hydrogen-bond acceptors (Lipinski definition) is 4. The third kappa shape index (κ3) is 2.78. The smallest absolute Gasteiger partial charge is 0.188 e. The maximum atomic E-state index is 13.0. The zero-order valence-electron chi connectivity index (χ0n) is 10.7. The number of rotatable bonds is 3. The molecule has 0 unspecified atom stereocenters. The van der Waals surface area contributed by atoms with Crippen molar-refractivity contribution in [3.8, 4) is 0 Å². The number of hydrogen-bond donors (Lipinski definition) is 0. The minimum atomic E-state index is -0.230. The van der Waals surface area contributed by atoms with Crippen molar-refractivity contribution in [2.45, 2.75) is 15.1 Å². The van der Waals surface area contributed by atoms with Gasteiger partial charge in [0.15, 0.2) is 5.16 Å². The average molecular weight is 302 g/mol. The number of fused-ring (bicyclic) bond motifs is 1. The third-order valence-electron chi connectivity index (χ3n) is 2.76. The van der Waals surface area contributed by atoms with Crippen molar-refractivity contribution >= 4 is 34.4 Å². The minimum Gasteiger partial charge on any atom is -0.222 e. The van der Waals surface area contributed by atoms with E-state index in [0.717, 1.165) is 26.0 Å². The van der Waals surface area contributed by atoms with Crippen LogP contribution in [-0.4, -0.2) is 16.2 Å². The lowest BCUT2D eigenvalue weighted by atomic mass is 10.2. The lowest BCUT2D eigenvalue weighted by Gasteiger charge is -2.07. The van der Waals surface area contributed by atoms with Gasteiger partial charge in [-0.25, -0.2) is 14.4 Å². The van der Waals surface area contributed by atoms with Gasteiger partial charge in [-0.1, -0.05) is 41.7 Å². The highest BCUT2D eigenvalue weighted by Gasteiger charge is 2.08. The van der Waals surface area contributed by atoms with Crippen LogP contribution >= 0.6 is 23.5 Å². The predicted molar refractivity (Wildman–Crippen MR) is 81.8 cm³/mol. The van der Waals surface area contributed by atoms with Crippen LogP contribution in [0.1, 0.15) is 0 Å². The maximum absolute atomic E-state index is 13.0. The van der Waals surface area contributed by atoms with Crippen molar-refractivity contribution in [1.29, 1.82) is 0 Å². The zero-order valence-corrected chi connectivity index (χ0v) is 12.3. The molecule has 0 bridgehead atoms. The van der Waals surface area contributed by atoms with Crippen molar-refractivity contribution in [1.82, 2.24) is 9.97 Å². The van der Waals surface area contributed by atoms with Gasteiger partial charge in [-0.2, -0.15) is 0 Å². The van der Waals surface area contributed by atoms with Crippen molar-refractivity contribution in [3.05, 3.63) is 54.3 Å². The van der Waals surface area contributed by atoms with E-state index in [4.69, 9.17) is 0 Å². The van der Waals surface area contributed by atoms with Gasteiger partial charge in [-0.05, 0) is 36.6 Å². The third-order valence-corrected chi connectivity index (χ3v) is 4.32. The molecule has 3 rings (SSSR count). The molecule has 0 N–H and O–H groups in total. The average Bonchev–Trinajstić information content (AvgIpc) is 2.49. The highest BCUT2D eigenvalue weighted by atomic mass is 32.2. The van der Waals surface area contributed by atoms with E-state index in [2.05, 4.69) is 9.97 Å². The summed E-state index contributed by atoms with van der Waals surface area (Å²) in [4.78, 5) is 10.0. The minimum absolute atomic E-state index is 0.230. The molecule has 100 valence electrons. The molecule has 1 aromatic heterocycles. The summed E-state index contributed by atoms with van der Waals surface area (Å²) in [5.41, 5.74) is 0.927. The first-order valence-corrected chi connectivity index (χ1v) is 8.04. The Morgan fingerprint density at radius 1 is 0.950 bits per heavy atom. The van der Waals surface area contributed by atoms with Crippen LogP contribution in [0.2, 0.25) is 0 Å². The molecule has 0 spiro atoms. The number of halogens is 1. The fraction of sp³-hybridized carbons (Fsp3) is 0.0667. The molecule has 0 saturated carbocycles. The number of benzene rings is 2. The quantitative estimate of drug-likeness (QED) is 0.400. The molecule has 5 heteroatoms. The van der Waals surface area contributed by atoms with Gasteiger partial charge in [0.2, 0.25) is 0 Å². The van der Waals surface area contributed by atoms with Crippen LogP contribution in [0.15, 0.2) is 63.6 Å². The Balaban J connectivity index is 2.07. The molecule has 0 aliphatic heterocycles. The lowest BCUT2D eigenvalue weighted by molar-refractivity contribution is 0.626. The molecule has 20 heavy (non-hydrogen) atoms. The first kappa shape index (κ1) is 13.4. The summed E-state index contributed by atoms with van der Waals surface area (Å²) in [5.74, 6) is -0.230. The number of thioether (sulfide) groups is 1. The molecule has 0 atom stereocenters. The summed E-state index contributed by atoms with van der Waals surface area (Å²) < 4.78 is 13.0. The van der Waals surface area contributed by atoms with Gasteiger partial charge >= 0.3 is 0 Å². The normalized spacial score (nSPS) is 10.9. The second-order valence-electron chi connectivity index (χ2n) is 4.09. The van der Waals surface area contributed by atoms with E-state index in [1.165, 1.54) is 35.7 Å². The van der Waals surface area contributed by atoms with E-state index in [-0.39, 0.29) is 5.82 Å². The Morgan fingerprint density at radius 2 is 1.70 bits per heavy atom. The molecule has 0 aliphatic rings. The van der Waals surface area contributed by atoms with Crippen LogP contribution in [0, 0.1) is 5.82 Å². The summed E-state index contributed by atoms with van der Waals surface area (Å²) in [7, 11) is 0. The summed E-state index contributed by atoms with van der Waals surface area (Å²) in [6, 6.07) is 14.4. The molecule has 0 amide bonds. The molecule has 0 radical (unpaired) electrons. The van der Waals surface area contributed by atoms with E-state index in [1.807, 2.05) is 30.5 Å². The van der Waals surface area contributed by atoms with Gasteiger partial charge in [-0.15, -0.1) is 0 Å². The van der Waals surface area contributed by atoms with Crippen LogP contribution in [0.5, 0.6) is 0 Å². The molecule has 1 heterocycles. The van der Waals surface area contributed by atoms with Gasteiger partial charge in [-0.3, -0.25) is 0 Å². The van der Waals surface area contributed by atoms with E-state index >= 15 is 0 Å². The van der Waals surface area contributed by atoms with Crippen LogP contribution in [0.3, 0.4) is 0 Å². The Hall–Kier alpha value is -1.59. The van der Waals surface area contributed by atoms with Crippen molar-refractivity contribution < 1.29 is 4.39 Å². The summed E-state index contributed by atoms with van der Waals surface area (Å²) in [6.07, 6.45) is 1.95.